The first-order chi connectivity index (χ1) is 5.30. The van der Waals surface area contributed by atoms with Gasteiger partial charge >= 0.3 is 0 Å². The van der Waals surface area contributed by atoms with Crippen LogP contribution in [0.3, 0.4) is 0 Å². The molecule has 0 bridgehead atoms. The van der Waals surface area contributed by atoms with Crippen molar-refractivity contribution in [3.05, 3.63) is 0 Å². The zero-order valence-electron chi connectivity index (χ0n) is 6.66. The van der Waals surface area contributed by atoms with E-state index in [9.17, 15) is 8.42 Å². The second-order valence-electron chi connectivity index (χ2n) is 2.96. The Bertz CT molecular complexity index is 163. The van der Waals surface area contributed by atoms with Gasteiger partial charge in [0.25, 0.3) is 0 Å². The zero-order chi connectivity index (χ0) is 8.10. The number of hydrogen-bond acceptors (Lipinski definition) is 2. The van der Waals surface area contributed by atoms with Gasteiger partial charge in [-0.15, -0.1) is 0 Å². The molecule has 0 unspecified atom stereocenters. The van der Waals surface area contributed by atoms with Gasteiger partial charge in [-0.3, -0.25) is 0 Å². The van der Waals surface area contributed by atoms with Crippen LogP contribution in [0.4, 0.5) is 0 Å². The van der Waals surface area contributed by atoms with E-state index < -0.39 is 10.9 Å². The second-order valence-corrected chi connectivity index (χ2v) is 4.00. The Morgan fingerprint density at radius 1 is 0.818 bits per heavy atom. The fraction of sp³-hybridized carbons (Fsp3) is 1.00. The summed E-state index contributed by atoms with van der Waals surface area (Å²) in [5.41, 5.74) is 0. The fourth-order valence-corrected chi connectivity index (χ4v) is 2.00. The predicted molar refractivity (Wildman–Crippen MR) is 45.0 cm³/mol. The molecule has 0 saturated carbocycles. The molecule has 0 aromatic rings. The van der Waals surface area contributed by atoms with Gasteiger partial charge < -0.3 is 0 Å². The van der Waals surface area contributed by atoms with Gasteiger partial charge in [0.05, 0.1) is 0 Å². The highest BCUT2D eigenvalue weighted by molar-refractivity contribution is 7.69. The number of hydrogen-bond donors (Lipinski definition) is 1. The molecule has 3 nitrogen and oxygen atoms in total. The van der Waals surface area contributed by atoms with E-state index in [1.165, 1.54) is 19.3 Å². The van der Waals surface area contributed by atoms with Gasteiger partial charge in [0, 0.05) is 13.1 Å². The molecule has 0 N–H and O–H groups in total. The van der Waals surface area contributed by atoms with Gasteiger partial charge in [-0.1, -0.05) is 19.3 Å². The molecule has 0 aromatic heterocycles. The van der Waals surface area contributed by atoms with E-state index in [0.717, 1.165) is 25.9 Å². The zero-order valence-corrected chi connectivity index (χ0v) is 7.56. The minimum Gasteiger partial charge on any atom is -0.215 e. The van der Waals surface area contributed by atoms with Crippen LogP contribution in [-0.2, 0) is 10.9 Å². The van der Waals surface area contributed by atoms with Gasteiger partial charge in [0.1, 0.15) is 0 Å². The van der Waals surface area contributed by atoms with Crippen molar-refractivity contribution in [1.29, 1.82) is 0 Å². The molecular formula is C7H15NO2S. The van der Waals surface area contributed by atoms with Crippen LogP contribution in [0.5, 0.6) is 0 Å². The lowest BCUT2D eigenvalue weighted by Gasteiger charge is -2.17. The monoisotopic (exact) mass is 177 g/mol. The first-order valence-corrected chi connectivity index (χ1v) is 5.33. The topological polar surface area (TPSA) is 37.4 Å². The van der Waals surface area contributed by atoms with Crippen LogP contribution < -0.4 is 0 Å². The highest BCUT2D eigenvalue weighted by atomic mass is 32.2. The molecular weight excluding hydrogens is 162 g/mol. The highest BCUT2D eigenvalue weighted by Gasteiger charge is 2.08. The Kier molecular flexibility index (Phi) is 3.86. The maximum atomic E-state index is 10.6. The Balaban J connectivity index is 2.38. The molecule has 1 aliphatic rings. The predicted octanol–water partition coefficient (Wildman–Crippen LogP) is 0.779. The van der Waals surface area contributed by atoms with E-state index in [-0.39, 0.29) is 0 Å². The van der Waals surface area contributed by atoms with E-state index in [1.54, 1.807) is 4.31 Å². The van der Waals surface area contributed by atoms with Gasteiger partial charge in [-0.25, -0.2) is 12.7 Å². The molecule has 11 heavy (non-hydrogen) atoms. The normalized spacial score (nSPS) is 23.0. The molecule has 1 rings (SSSR count). The smallest absolute Gasteiger partial charge is 0.203 e. The second kappa shape index (κ2) is 4.72. The van der Waals surface area contributed by atoms with E-state index in [0.29, 0.717) is 0 Å². The molecule has 0 radical (unpaired) electrons. The first kappa shape index (κ1) is 9.00. The standard InChI is InChI=1S/C7H15NO2S/c9-11(10)8-6-4-2-1-3-5-7-8/h11H,1-7H2. The van der Waals surface area contributed by atoms with E-state index in [1.807, 2.05) is 0 Å². The van der Waals surface area contributed by atoms with Crippen LogP contribution in [-0.4, -0.2) is 25.8 Å². The maximum absolute atomic E-state index is 10.6. The molecule has 0 atom stereocenters. The summed E-state index contributed by atoms with van der Waals surface area (Å²) in [6, 6.07) is 0. The van der Waals surface area contributed by atoms with Crippen molar-refractivity contribution in [3.8, 4) is 0 Å². The Hall–Kier alpha value is -0.0900. The summed E-state index contributed by atoms with van der Waals surface area (Å²) in [6.07, 6.45) is 5.69. The maximum Gasteiger partial charge on any atom is 0.203 e. The minimum atomic E-state index is -2.31. The summed E-state index contributed by atoms with van der Waals surface area (Å²) in [4.78, 5) is 0. The van der Waals surface area contributed by atoms with Crippen LogP contribution in [0.25, 0.3) is 0 Å². The highest BCUT2D eigenvalue weighted by Crippen LogP contribution is 2.09. The molecule has 4 heteroatoms. The summed E-state index contributed by atoms with van der Waals surface area (Å²) < 4.78 is 22.7. The summed E-state index contributed by atoms with van der Waals surface area (Å²) in [6.45, 7) is 1.47. The van der Waals surface area contributed by atoms with Crippen molar-refractivity contribution >= 4 is 10.9 Å². The minimum absolute atomic E-state index is 0.735. The van der Waals surface area contributed by atoms with Crippen LogP contribution in [0.1, 0.15) is 32.1 Å². The number of nitrogens with zero attached hydrogens (tertiary/aromatic N) is 1. The lowest BCUT2D eigenvalue weighted by atomic mass is 10.1. The fourth-order valence-electron chi connectivity index (χ4n) is 1.39. The van der Waals surface area contributed by atoms with Crippen molar-refractivity contribution in [2.75, 3.05) is 13.1 Å². The Morgan fingerprint density at radius 2 is 1.27 bits per heavy atom. The largest absolute Gasteiger partial charge is 0.215 e. The number of thiol groups is 1. The van der Waals surface area contributed by atoms with Crippen molar-refractivity contribution in [2.45, 2.75) is 32.1 Å². The van der Waals surface area contributed by atoms with Crippen LogP contribution in [0.15, 0.2) is 0 Å². The molecule has 1 saturated heterocycles. The van der Waals surface area contributed by atoms with Gasteiger partial charge in [-0.2, -0.15) is 0 Å². The van der Waals surface area contributed by atoms with E-state index in [4.69, 9.17) is 0 Å². The molecule has 1 aliphatic heterocycles. The van der Waals surface area contributed by atoms with Crippen molar-refractivity contribution < 1.29 is 8.42 Å². The van der Waals surface area contributed by atoms with Crippen LogP contribution in [0.2, 0.25) is 0 Å². The summed E-state index contributed by atoms with van der Waals surface area (Å²) in [7, 11) is -2.31. The van der Waals surface area contributed by atoms with Crippen molar-refractivity contribution in [2.24, 2.45) is 0 Å². The summed E-state index contributed by atoms with van der Waals surface area (Å²) >= 11 is 0. The average molecular weight is 177 g/mol. The summed E-state index contributed by atoms with van der Waals surface area (Å²) in [5, 5.41) is 0. The molecule has 1 fully saturated rings. The van der Waals surface area contributed by atoms with Crippen molar-refractivity contribution in [3.63, 3.8) is 0 Å². The quantitative estimate of drug-likeness (QED) is 0.601. The third-order valence-corrected chi connectivity index (χ3v) is 2.93. The first-order valence-electron chi connectivity index (χ1n) is 4.20. The third kappa shape index (κ3) is 3.20. The van der Waals surface area contributed by atoms with Crippen LogP contribution in [0, 0.1) is 0 Å². The van der Waals surface area contributed by atoms with E-state index >= 15 is 0 Å². The van der Waals surface area contributed by atoms with Crippen LogP contribution >= 0.6 is 0 Å². The SMILES string of the molecule is O=[SH](=O)N1CCCCCCC1. The van der Waals surface area contributed by atoms with Gasteiger partial charge in [0.2, 0.25) is 10.9 Å². The third-order valence-electron chi connectivity index (χ3n) is 2.06. The summed E-state index contributed by atoms with van der Waals surface area (Å²) in [5.74, 6) is 0. The van der Waals surface area contributed by atoms with E-state index in [2.05, 4.69) is 0 Å². The number of rotatable bonds is 1. The Morgan fingerprint density at radius 3 is 1.73 bits per heavy atom. The van der Waals surface area contributed by atoms with Crippen molar-refractivity contribution in [1.82, 2.24) is 4.31 Å². The average Bonchev–Trinajstić information content (AvgIpc) is 1.84. The molecule has 0 aromatic carbocycles. The molecule has 0 amide bonds. The Labute approximate surface area is 69.5 Å². The lowest BCUT2D eigenvalue weighted by molar-refractivity contribution is 0.374. The van der Waals surface area contributed by atoms with Gasteiger partial charge in [0.15, 0.2) is 0 Å². The molecule has 1 heterocycles. The lowest BCUT2D eigenvalue weighted by Crippen LogP contribution is -2.25. The molecule has 0 aliphatic carbocycles. The van der Waals surface area contributed by atoms with Gasteiger partial charge in [-0.05, 0) is 12.8 Å². The molecule has 0 spiro atoms. The molecule has 66 valence electrons.